The van der Waals surface area contributed by atoms with E-state index >= 15 is 0 Å². The molecule has 1 N–H and O–H groups in total. The van der Waals surface area contributed by atoms with Crippen LogP contribution in [0.3, 0.4) is 0 Å². The molecule has 0 saturated carbocycles. The van der Waals surface area contributed by atoms with Gasteiger partial charge in [0.1, 0.15) is 17.1 Å². The number of benzene rings is 3. The normalized spacial score (nSPS) is 10.8. The van der Waals surface area contributed by atoms with Crippen molar-refractivity contribution < 1.29 is 9.53 Å². The Labute approximate surface area is 185 Å². The van der Waals surface area contributed by atoms with Crippen LogP contribution in [0.25, 0.3) is 16.9 Å². The number of rotatable bonds is 5. The molecule has 2 heterocycles. The lowest BCUT2D eigenvalue weighted by atomic mass is 10.1. The number of hydrogen-bond donors (Lipinski definition) is 1. The molecule has 0 saturated heterocycles. The summed E-state index contributed by atoms with van der Waals surface area (Å²) in [6, 6.07) is 28.5. The van der Waals surface area contributed by atoms with Crippen molar-refractivity contribution in [2.24, 2.45) is 0 Å². The van der Waals surface area contributed by atoms with Gasteiger partial charge in [-0.15, -0.1) is 0 Å². The SMILES string of the molecule is Cc1ccc(-c2cn3ccccc3n2)cc1NC(=O)c1ccc(Oc2ccccc2)cc1. The Morgan fingerprint density at radius 3 is 2.41 bits per heavy atom. The number of nitrogens with zero attached hydrogens (tertiary/aromatic N) is 2. The summed E-state index contributed by atoms with van der Waals surface area (Å²) in [7, 11) is 0. The predicted octanol–water partition coefficient (Wildman–Crippen LogP) is 6.35. The molecule has 0 atom stereocenters. The Balaban J connectivity index is 1.34. The third kappa shape index (κ3) is 4.09. The van der Waals surface area contributed by atoms with E-state index in [4.69, 9.17) is 4.74 Å². The summed E-state index contributed by atoms with van der Waals surface area (Å²) in [5.41, 5.74) is 4.98. The van der Waals surface area contributed by atoms with Crippen molar-refractivity contribution in [1.29, 1.82) is 0 Å². The van der Waals surface area contributed by atoms with Crippen molar-refractivity contribution in [3.8, 4) is 22.8 Å². The number of anilines is 1. The number of imidazole rings is 1. The van der Waals surface area contributed by atoms with Crippen LogP contribution in [0.15, 0.2) is 103 Å². The number of fused-ring (bicyclic) bond motifs is 1. The number of para-hydroxylation sites is 1. The first-order chi connectivity index (χ1) is 15.7. The molecular weight excluding hydrogens is 398 g/mol. The number of amides is 1. The van der Waals surface area contributed by atoms with Gasteiger partial charge in [0, 0.05) is 29.2 Å². The predicted molar refractivity (Wildman–Crippen MR) is 126 cm³/mol. The summed E-state index contributed by atoms with van der Waals surface area (Å²) in [6.07, 6.45) is 3.95. The van der Waals surface area contributed by atoms with Crippen LogP contribution in [0.5, 0.6) is 11.5 Å². The number of nitrogens with one attached hydrogen (secondary N) is 1. The molecule has 5 rings (SSSR count). The van der Waals surface area contributed by atoms with Crippen LogP contribution in [0, 0.1) is 6.92 Å². The second-order valence-corrected chi connectivity index (χ2v) is 7.52. The molecule has 0 bridgehead atoms. The second kappa shape index (κ2) is 8.40. The monoisotopic (exact) mass is 419 g/mol. The van der Waals surface area contributed by atoms with Gasteiger partial charge < -0.3 is 14.5 Å². The first-order valence-corrected chi connectivity index (χ1v) is 10.3. The van der Waals surface area contributed by atoms with Crippen molar-refractivity contribution in [3.63, 3.8) is 0 Å². The fourth-order valence-corrected chi connectivity index (χ4v) is 3.48. The molecule has 5 heteroatoms. The summed E-state index contributed by atoms with van der Waals surface area (Å²) in [5, 5.41) is 3.03. The molecule has 32 heavy (non-hydrogen) atoms. The highest BCUT2D eigenvalue weighted by atomic mass is 16.5. The van der Waals surface area contributed by atoms with Gasteiger partial charge in [-0.2, -0.15) is 0 Å². The number of ether oxygens (including phenoxy) is 1. The quantitative estimate of drug-likeness (QED) is 0.361. The molecule has 5 aromatic rings. The van der Waals surface area contributed by atoms with Gasteiger partial charge in [-0.25, -0.2) is 4.98 Å². The number of hydrogen-bond acceptors (Lipinski definition) is 3. The lowest BCUT2D eigenvalue weighted by Crippen LogP contribution is -2.12. The largest absolute Gasteiger partial charge is 0.457 e. The van der Waals surface area contributed by atoms with Gasteiger partial charge in [0.15, 0.2) is 0 Å². The molecule has 2 aromatic heterocycles. The molecule has 0 aliphatic carbocycles. The van der Waals surface area contributed by atoms with E-state index < -0.39 is 0 Å². The Bertz CT molecular complexity index is 1360. The fourth-order valence-electron chi connectivity index (χ4n) is 3.48. The summed E-state index contributed by atoms with van der Waals surface area (Å²) < 4.78 is 7.78. The maximum absolute atomic E-state index is 12.9. The van der Waals surface area contributed by atoms with Gasteiger partial charge >= 0.3 is 0 Å². The summed E-state index contributed by atoms with van der Waals surface area (Å²) in [4.78, 5) is 17.5. The van der Waals surface area contributed by atoms with Crippen molar-refractivity contribution in [2.45, 2.75) is 6.92 Å². The van der Waals surface area contributed by atoms with Crippen LogP contribution in [0.4, 0.5) is 5.69 Å². The zero-order chi connectivity index (χ0) is 21.9. The zero-order valence-corrected chi connectivity index (χ0v) is 17.5. The first-order valence-electron chi connectivity index (χ1n) is 10.3. The molecular formula is C27H21N3O2. The van der Waals surface area contributed by atoms with Gasteiger partial charge in [0.25, 0.3) is 5.91 Å². The van der Waals surface area contributed by atoms with Crippen LogP contribution < -0.4 is 10.1 Å². The minimum atomic E-state index is -0.175. The molecule has 5 nitrogen and oxygen atoms in total. The molecule has 0 aliphatic heterocycles. The number of carbonyl (C=O) groups excluding carboxylic acids is 1. The van der Waals surface area contributed by atoms with Crippen LogP contribution in [0.1, 0.15) is 15.9 Å². The van der Waals surface area contributed by atoms with E-state index in [2.05, 4.69) is 10.3 Å². The molecule has 156 valence electrons. The lowest BCUT2D eigenvalue weighted by molar-refractivity contribution is 0.102. The highest BCUT2D eigenvalue weighted by molar-refractivity contribution is 6.05. The highest BCUT2D eigenvalue weighted by Crippen LogP contribution is 2.26. The van der Waals surface area contributed by atoms with E-state index in [1.54, 1.807) is 24.3 Å². The van der Waals surface area contributed by atoms with Crippen molar-refractivity contribution in [3.05, 3.63) is 115 Å². The Hall–Kier alpha value is -4.38. The summed E-state index contributed by atoms with van der Waals surface area (Å²) in [5.74, 6) is 1.26. The average Bonchev–Trinajstić information content (AvgIpc) is 3.26. The van der Waals surface area contributed by atoms with Crippen molar-refractivity contribution in [2.75, 3.05) is 5.32 Å². The molecule has 1 amide bonds. The zero-order valence-electron chi connectivity index (χ0n) is 17.5. The minimum Gasteiger partial charge on any atom is -0.457 e. The highest BCUT2D eigenvalue weighted by Gasteiger charge is 2.11. The topological polar surface area (TPSA) is 55.6 Å². The molecule has 0 aliphatic rings. The Morgan fingerprint density at radius 2 is 1.62 bits per heavy atom. The van der Waals surface area contributed by atoms with E-state index in [-0.39, 0.29) is 5.91 Å². The van der Waals surface area contributed by atoms with Gasteiger partial charge in [0.05, 0.1) is 5.69 Å². The van der Waals surface area contributed by atoms with E-state index in [0.717, 1.165) is 33.9 Å². The van der Waals surface area contributed by atoms with Crippen LogP contribution >= 0.6 is 0 Å². The van der Waals surface area contributed by atoms with E-state index in [0.29, 0.717) is 11.3 Å². The maximum atomic E-state index is 12.9. The van der Waals surface area contributed by atoms with Gasteiger partial charge in [-0.3, -0.25) is 4.79 Å². The van der Waals surface area contributed by atoms with E-state index in [1.165, 1.54) is 0 Å². The number of pyridine rings is 1. The van der Waals surface area contributed by atoms with Gasteiger partial charge in [-0.1, -0.05) is 36.4 Å². The van der Waals surface area contributed by atoms with Crippen molar-refractivity contribution in [1.82, 2.24) is 9.38 Å². The van der Waals surface area contributed by atoms with Crippen LogP contribution in [-0.4, -0.2) is 15.3 Å². The number of aromatic nitrogens is 2. The maximum Gasteiger partial charge on any atom is 0.255 e. The molecule has 0 unspecified atom stereocenters. The third-order valence-corrected chi connectivity index (χ3v) is 5.24. The molecule has 3 aromatic carbocycles. The second-order valence-electron chi connectivity index (χ2n) is 7.52. The van der Waals surface area contributed by atoms with Gasteiger partial charge in [0.2, 0.25) is 0 Å². The van der Waals surface area contributed by atoms with E-state index in [9.17, 15) is 4.79 Å². The number of carbonyl (C=O) groups is 1. The standard InChI is InChI=1S/C27H21N3O2/c1-19-10-11-21(25-18-30-16-6-5-9-26(30)28-25)17-24(19)29-27(31)20-12-14-23(15-13-20)32-22-7-3-2-4-8-22/h2-18H,1H3,(H,29,31). The van der Waals surface area contributed by atoms with Crippen molar-refractivity contribution >= 4 is 17.2 Å². The smallest absolute Gasteiger partial charge is 0.255 e. The molecule has 0 radical (unpaired) electrons. The van der Waals surface area contributed by atoms with Gasteiger partial charge in [-0.05, 0) is 67.1 Å². The fraction of sp³-hybridized carbons (Fsp3) is 0.0370. The van der Waals surface area contributed by atoms with Crippen LogP contribution in [0.2, 0.25) is 0 Å². The average molecular weight is 419 g/mol. The molecule has 0 spiro atoms. The number of aryl methyl sites for hydroxylation is 1. The third-order valence-electron chi connectivity index (χ3n) is 5.24. The lowest BCUT2D eigenvalue weighted by Gasteiger charge is -2.11. The minimum absolute atomic E-state index is 0.175. The van der Waals surface area contributed by atoms with Crippen LogP contribution in [-0.2, 0) is 0 Å². The Morgan fingerprint density at radius 1 is 0.875 bits per heavy atom. The van der Waals surface area contributed by atoms with E-state index in [1.807, 2.05) is 90.4 Å². The molecule has 0 fully saturated rings. The Kier molecular flexibility index (Phi) is 5.14. The summed E-state index contributed by atoms with van der Waals surface area (Å²) >= 11 is 0. The first kappa shape index (κ1) is 19.6. The summed E-state index contributed by atoms with van der Waals surface area (Å²) in [6.45, 7) is 1.97.